The monoisotopic (exact) mass is 574 g/mol. The smallest absolute Gasteiger partial charge is 0.191 e. The molecule has 1 aliphatic rings. The third kappa shape index (κ3) is 7.50. The molecule has 0 radical (unpaired) electrons. The molecule has 1 aliphatic heterocycles. The van der Waals surface area contributed by atoms with Crippen LogP contribution >= 0.6 is 35.3 Å². The number of nitrogens with zero attached hydrogens (tertiary/aromatic N) is 2. The first-order valence-electron chi connectivity index (χ1n) is 10.8. The summed E-state index contributed by atoms with van der Waals surface area (Å²) in [4.78, 5) is 8.26. The van der Waals surface area contributed by atoms with Gasteiger partial charge in [-0.05, 0) is 43.0 Å². The van der Waals surface area contributed by atoms with Crippen molar-refractivity contribution in [2.75, 3.05) is 47.0 Å². The van der Waals surface area contributed by atoms with Crippen LogP contribution in [0.4, 0.5) is 0 Å². The predicted octanol–water partition coefficient (Wildman–Crippen LogP) is 3.90. The van der Waals surface area contributed by atoms with Gasteiger partial charge in [-0.15, -0.1) is 35.3 Å². The Morgan fingerprint density at radius 2 is 2.16 bits per heavy atom. The van der Waals surface area contributed by atoms with Gasteiger partial charge in [-0.2, -0.15) is 0 Å². The summed E-state index contributed by atoms with van der Waals surface area (Å²) in [5.41, 5.74) is 1.10. The van der Waals surface area contributed by atoms with Gasteiger partial charge in [0, 0.05) is 38.1 Å². The van der Waals surface area contributed by atoms with E-state index >= 15 is 0 Å². The first-order valence-corrected chi connectivity index (χ1v) is 11.7. The number of ether oxygens (including phenoxy) is 3. The van der Waals surface area contributed by atoms with Gasteiger partial charge in [0.15, 0.2) is 17.5 Å². The van der Waals surface area contributed by atoms with Crippen molar-refractivity contribution in [3.05, 3.63) is 46.2 Å². The van der Waals surface area contributed by atoms with Crippen LogP contribution in [0.25, 0.3) is 0 Å². The first-order chi connectivity index (χ1) is 15.1. The van der Waals surface area contributed by atoms with Gasteiger partial charge >= 0.3 is 0 Å². The van der Waals surface area contributed by atoms with Crippen LogP contribution in [-0.2, 0) is 11.3 Å². The van der Waals surface area contributed by atoms with E-state index in [1.165, 1.54) is 4.88 Å². The fourth-order valence-corrected chi connectivity index (χ4v) is 4.58. The Labute approximate surface area is 212 Å². The van der Waals surface area contributed by atoms with Crippen LogP contribution in [0.2, 0.25) is 0 Å². The molecule has 2 heterocycles. The molecule has 1 fully saturated rings. The lowest BCUT2D eigenvalue weighted by Crippen LogP contribution is -2.47. The molecular formula is C23H35IN4O3S. The number of morpholine rings is 1. The summed E-state index contributed by atoms with van der Waals surface area (Å²) in [5, 5.41) is 9.06. The van der Waals surface area contributed by atoms with Crippen molar-refractivity contribution < 1.29 is 14.2 Å². The van der Waals surface area contributed by atoms with Gasteiger partial charge in [0.2, 0.25) is 0 Å². The molecule has 0 amide bonds. The first kappa shape index (κ1) is 26.7. The van der Waals surface area contributed by atoms with Gasteiger partial charge in [0.05, 0.1) is 32.5 Å². The zero-order valence-electron chi connectivity index (χ0n) is 19.3. The van der Waals surface area contributed by atoms with Gasteiger partial charge in [-0.1, -0.05) is 12.1 Å². The number of hydrogen-bond donors (Lipinski definition) is 2. The predicted molar refractivity (Wildman–Crippen MR) is 142 cm³/mol. The fraction of sp³-hybridized carbons (Fsp3) is 0.522. The van der Waals surface area contributed by atoms with Crippen LogP contribution in [0.1, 0.15) is 30.3 Å². The van der Waals surface area contributed by atoms with Crippen LogP contribution < -0.4 is 20.1 Å². The summed E-state index contributed by atoms with van der Waals surface area (Å²) in [5.74, 6) is 2.27. The molecule has 2 N–H and O–H groups in total. The quantitative estimate of drug-likeness (QED) is 0.269. The molecule has 32 heavy (non-hydrogen) atoms. The number of aliphatic imine (C=N–C) groups is 1. The summed E-state index contributed by atoms with van der Waals surface area (Å²) in [6.45, 7) is 8.76. The van der Waals surface area contributed by atoms with Crippen LogP contribution in [0, 0.1) is 0 Å². The maximum atomic E-state index is 5.74. The second-order valence-electron chi connectivity index (χ2n) is 7.43. The lowest BCUT2D eigenvalue weighted by atomic mass is 10.1. The number of guanidine groups is 1. The highest BCUT2D eigenvalue weighted by atomic mass is 127. The Hall–Kier alpha value is -1.56. The van der Waals surface area contributed by atoms with E-state index in [1.54, 1.807) is 25.5 Å². The fourth-order valence-electron chi connectivity index (χ4n) is 3.72. The Morgan fingerprint density at radius 3 is 2.81 bits per heavy atom. The summed E-state index contributed by atoms with van der Waals surface area (Å²) in [7, 11) is 3.45. The SMILES string of the molecule is CCOc1cc(CNC(=NC)NCC(c2cccs2)N2CCOC(C)C2)ccc1OC.I. The van der Waals surface area contributed by atoms with Gasteiger partial charge in [0.25, 0.3) is 0 Å². The van der Waals surface area contributed by atoms with Gasteiger partial charge in [0.1, 0.15) is 0 Å². The van der Waals surface area contributed by atoms with E-state index in [-0.39, 0.29) is 36.1 Å². The number of halogens is 1. The molecule has 7 nitrogen and oxygen atoms in total. The lowest BCUT2D eigenvalue weighted by Gasteiger charge is -2.37. The zero-order valence-corrected chi connectivity index (χ0v) is 22.4. The van der Waals surface area contributed by atoms with Crippen molar-refractivity contribution in [1.29, 1.82) is 0 Å². The summed E-state index contributed by atoms with van der Waals surface area (Å²) in [6, 6.07) is 10.6. The number of benzene rings is 1. The minimum atomic E-state index is 0. The summed E-state index contributed by atoms with van der Waals surface area (Å²) in [6.07, 6.45) is 0.253. The largest absolute Gasteiger partial charge is 0.493 e. The van der Waals surface area contributed by atoms with Crippen molar-refractivity contribution in [3.63, 3.8) is 0 Å². The van der Waals surface area contributed by atoms with E-state index in [2.05, 4.69) is 45.0 Å². The van der Waals surface area contributed by atoms with Gasteiger partial charge in [-0.3, -0.25) is 9.89 Å². The van der Waals surface area contributed by atoms with E-state index in [0.29, 0.717) is 13.2 Å². The van der Waals surface area contributed by atoms with E-state index in [0.717, 1.165) is 49.3 Å². The molecule has 2 atom stereocenters. The van der Waals surface area contributed by atoms with Crippen molar-refractivity contribution in [2.45, 2.75) is 32.5 Å². The Morgan fingerprint density at radius 1 is 1.31 bits per heavy atom. The molecule has 0 aliphatic carbocycles. The molecular weight excluding hydrogens is 539 g/mol. The van der Waals surface area contributed by atoms with Crippen LogP contribution in [0.5, 0.6) is 11.5 Å². The number of hydrogen-bond acceptors (Lipinski definition) is 6. The molecule has 1 aromatic heterocycles. The van der Waals surface area contributed by atoms with E-state index < -0.39 is 0 Å². The molecule has 0 bridgehead atoms. The van der Waals surface area contributed by atoms with E-state index in [4.69, 9.17) is 14.2 Å². The highest BCUT2D eigenvalue weighted by Crippen LogP contribution is 2.28. The molecule has 1 saturated heterocycles. The molecule has 2 unspecified atom stereocenters. The number of nitrogens with one attached hydrogen (secondary N) is 2. The van der Waals surface area contributed by atoms with Crippen molar-refractivity contribution >= 4 is 41.3 Å². The summed E-state index contributed by atoms with van der Waals surface area (Å²) >= 11 is 1.80. The van der Waals surface area contributed by atoms with Crippen molar-refractivity contribution in [2.24, 2.45) is 4.99 Å². The molecule has 0 saturated carbocycles. The Balaban J connectivity index is 0.00000363. The topological polar surface area (TPSA) is 67.4 Å². The highest BCUT2D eigenvalue weighted by molar-refractivity contribution is 14.0. The van der Waals surface area contributed by atoms with Gasteiger partial charge in [-0.25, -0.2) is 0 Å². The average molecular weight is 575 g/mol. The van der Waals surface area contributed by atoms with Crippen molar-refractivity contribution in [3.8, 4) is 11.5 Å². The van der Waals surface area contributed by atoms with Crippen LogP contribution in [0.3, 0.4) is 0 Å². The third-order valence-corrected chi connectivity index (χ3v) is 6.23. The molecule has 1 aromatic carbocycles. The van der Waals surface area contributed by atoms with E-state index in [9.17, 15) is 0 Å². The number of methoxy groups -OCH3 is 1. The Bertz CT molecular complexity index is 835. The summed E-state index contributed by atoms with van der Waals surface area (Å²) < 4.78 is 16.8. The maximum absolute atomic E-state index is 5.74. The minimum Gasteiger partial charge on any atom is -0.493 e. The average Bonchev–Trinajstić information content (AvgIpc) is 3.31. The second kappa shape index (κ2) is 13.9. The molecule has 3 rings (SSSR count). The normalized spacial score (nSPS) is 17.9. The highest BCUT2D eigenvalue weighted by Gasteiger charge is 2.26. The second-order valence-corrected chi connectivity index (χ2v) is 8.41. The molecule has 9 heteroatoms. The third-order valence-electron chi connectivity index (χ3n) is 5.26. The van der Waals surface area contributed by atoms with Crippen LogP contribution in [-0.4, -0.2) is 64.0 Å². The zero-order chi connectivity index (χ0) is 22.1. The van der Waals surface area contributed by atoms with Crippen molar-refractivity contribution in [1.82, 2.24) is 15.5 Å². The van der Waals surface area contributed by atoms with E-state index in [1.807, 2.05) is 25.1 Å². The van der Waals surface area contributed by atoms with Gasteiger partial charge < -0.3 is 24.8 Å². The molecule has 178 valence electrons. The minimum absolute atomic E-state index is 0. The van der Waals surface area contributed by atoms with Crippen LogP contribution in [0.15, 0.2) is 40.7 Å². The number of thiophene rings is 1. The standard InChI is InChI=1S/C23H34N4O3S.HI/c1-5-29-21-13-18(8-9-20(21)28-4)14-25-23(24-3)26-15-19(22-7-6-12-31-22)27-10-11-30-17(2)16-27;/h6-9,12-13,17,19H,5,10-11,14-16H2,1-4H3,(H2,24,25,26);1H. The molecule has 2 aromatic rings. The molecule has 0 spiro atoms. The lowest BCUT2D eigenvalue weighted by molar-refractivity contribution is -0.0334. The Kier molecular flexibility index (Phi) is 11.6. The number of rotatable bonds is 9. The maximum Gasteiger partial charge on any atom is 0.191 e.